The van der Waals surface area contributed by atoms with Crippen molar-refractivity contribution in [3.63, 3.8) is 0 Å². The van der Waals surface area contributed by atoms with Crippen molar-refractivity contribution in [3.8, 4) is 11.5 Å². The normalized spacial score (nSPS) is 15.6. The van der Waals surface area contributed by atoms with E-state index < -0.39 is 9.84 Å². The monoisotopic (exact) mass is 455 g/mol. The number of hydrogen-bond donors (Lipinski definition) is 1. The van der Waals surface area contributed by atoms with Gasteiger partial charge in [-0.25, -0.2) is 8.42 Å². The zero-order valence-electron chi connectivity index (χ0n) is 16.8. The third-order valence-electron chi connectivity index (χ3n) is 5.07. The second kappa shape index (κ2) is 8.56. The Hall–Kier alpha value is -3.10. The molecule has 4 rings (SSSR count). The minimum Gasteiger partial charge on any atom is -0.497 e. The van der Waals surface area contributed by atoms with E-state index in [9.17, 15) is 13.2 Å². The molecule has 31 heavy (non-hydrogen) atoms. The second-order valence-corrected chi connectivity index (χ2v) is 9.82. The van der Waals surface area contributed by atoms with E-state index in [-0.39, 0.29) is 28.0 Å². The average Bonchev–Trinajstić information content (AvgIpc) is 3.22. The number of benzene rings is 2. The number of ether oxygens (including phenoxy) is 2. The fourth-order valence-corrected chi connectivity index (χ4v) is 6.41. The van der Waals surface area contributed by atoms with Crippen LogP contribution in [0.1, 0.15) is 22.8 Å². The quantitative estimate of drug-likeness (QED) is 0.526. The summed E-state index contributed by atoms with van der Waals surface area (Å²) in [5.41, 5.74) is 1.30. The van der Waals surface area contributed by atoms with Crippen LogP contribution in [-0.4, -0.2) is 28.0 Å². The summed E-state index contributed by atoms with van der Waals surface area (Å²) in [6, 6.07) is 13.7. The Morgan fingerprint density at radius 1 is 1.13 bits per heavy atom. The van der Waals surface area contributed by atoms with Gasteiger partial charge in [0.15, 0.2) is 0 Å². The molecule has 2 heterocycles. The lowest BCUT2D eigenvalue weighted by molar-refractivity contribution is -0.116. The first-order valence-electron chi connectivity index (χ1n) is 9.58. The summed E-state index contributed by atoms with van der Waals surface area (Å²) in [5.74, 6) is 0.842. The SMILES string of the molecule is C=CCOc1ccc([C@@H]2CC(=O)Nc3c(S(=O)(=O)c4ccc(OC)cc4)csc32)cc1. The van der Waals surface area contributed by atoms with E-state index in [1.165, 1.54) is 30.6 Å². The number of sulfone groups is 1. The van der Waals surface area contributed by atoms with Gasteiger partial charge in [0, 0.05) is 22.6 Å². The van der Waals surface area contributed by atoms with Crippen molar-refractivity contribution in [2.45, 2.75) is 22.1 Å². The van der Waals surface area contributed by atoms with Gasteiger partial charge >= 0.3 is 0 Å². The molecule has 0 spiro atoms. The lowest BCUT2D eigenvalue weighted by atomic mass is 9.90. The zero-order chi connectivity index (χ0) is 22.0. The van der Waals surface area contributed by atoms with Crippen molar-refractivity contribution in [1.82, 2.24) is 0 Å². The van der Waals surface area contributed by atoms with Crippen LogP contribution in [0.15, 0.2) is 76.4 Å². The molecule has 0 saturated carbocycles. The number of methoxy groups -OCH3 is 1. The second-order valence-electron chi connectivity index (χ2n) is 6.99. The van der Waals surface area contributed by atoms with Crippen LogP contribution >= 0.6 is 11.3 Å². The molecule has 0 radical (unpaired) electrons. The predicted molar refractivity (Wildman–Crippen MR) is 120 cm³/mol. The summed E-state index contributed by atoms with van der Waals surface area (Å²) in [5, 5.41) is 4.38. The molecule has 2 aromatic carbocycles. The lowest BCUT2D eigenvalue weighted by Crippen LogP contribution is -2.23. The topological polar surface area (TPSA) is 81.7 Å². The van der Waals surface area contributed by atoms with Gasteiger partial charge in [-0.3, -0.25) is 4.79 Å². The molecule has 160 valence electrons. The molecule has 1 aliphatic rings. The lowest BCUT2D eigenvalue weighted by Gasteiger charge is -2.24. The molecule has 6 nitrogen and oxygen atoms in total. The Bertz CT molecular complexity index is 1210. The first-order chi connectivity index (χ1) is 14.9. The van der Waals surface area contributed by atoms with Crippen LogP contribution in [0.25, 0.3) is 0 Å². The van der Waals surface area contributed by atoms with Gasteiger partial charge in [0.25, 0.3) is 0 Å². The maximum atomic E-state index is 13.3. The summed E-state index contributed by atoms with van der Waals surface area (Å²) in [7, 11) is -2.28. The number of hydrogen-bond acceptors (Lipinski definition) is 6. The van der Waals surface area contributed by atoms with Gasteiger partial charge in [-0.1, -0.05) is 24.8 Å². The van der Waals surface area contributed by atoms with Gasteiger partial charge < -0.3 is 14.8 Å². The van der Waals surface area contributed by atoms with Gasteiger partial charge in [-0.05, 0) is 42.0 Å². The van der Waals surface area contributed by atoms with Crippen LogP contribution in [0.3, 0.4) is 0 Å². The highest BCUT2D eigenvalue weighted by atomic mass is 32.2. The van der Waals surface area contributed by atoms with Crippen LogP contribution in [0.2, 0.25) is 0 Å². The molecule has 8 heteroatoms. The minimum atomic E-state index is -3.80. The number of carbonyl (C=O) groups is 1. The number of rotatable bonds is 7. The highest BCUT2D eigenvalue weighted by Crippen LogP contribution is 2.46. The van der Waals surface area contributed by atoms with E-state index in [2.05, 4.69) is 11.9 Å². The van der Waals surface area contributed by atoms with Crippen LogP contribution < -0.4 is 14.8 Å². The number of anilines is 1. The Kier molecular flexibility index (Phi) is 5.84. The van der Waals surface area contributed by atoms with Crippen LogP contribution in [0.4, 0.5) is 5.69 Å². The summed E-state index contributed by atoms with van der Waals surface area (Å²) in [4.78, 5) is 13.5. The molecule has 0 aliphatic carbocycles. The predicted octanol–water partition coefficient (Wildman–Crippen LogP) is 4.63. The van der Waals surface area contributed by atoms with Crippen molar-refractivity contribution >= 4 is 32.8 Å². The molecule has 1 aliphatic heterocycles. The summed E-state index contributed by atoms with van der Waals surface area (Å²) < 4.78 is 37.1. The van der Waals surface area contributed by atoms with Crippen molar-refractivity contribution in [2.24, 2.45) is 0 Å². The van der Waals surface area contributed by atoms with Gasteiger partial charge in [0.1, 0.15) is 23.0 Å². The van der Waals surface area contributed by atoms with E-state index in [4.69, 9.17) is 9.47 Å². The van der Waals surface area contributed by atoms with Crippen LogP contribution in [0, 0.1) is 0 Å². The molecular formula is C23H21NO5S2. The number of fused-ring (bicyclic) bond motifs is 1. The molecule has 1 aromatic heterocycles. The zero-order valence-corrected chi connectivity index (χ0v) is 18.5. The van der Waals surface area contributed by atoms with E-state index >= 15 is 0 Å². The van der Waals surface area contributed by atoms with Crippen molar-refractivity contribution in [2.75, 3.05) is 19.0 Å². The largest absolute Gasteiger partial charge is 0.497 e. The third-order valence-corrected chi connectivity index (χ3v) is 8.10. The standard InChI is InChI=1S/C23H21NO5S2/c1-3-12-29-17-6-4-15(5-7-17)19-13-21(25)24-22-20(14-30-23(19)22)31(26,27)18-10-8-16(28-2)9-11-18/h3-11,14,19H,1,12-13H2,2H3,(H,24,25)/t19-/m0/s1. The minimum absolute atomic E-state index is 0.113. The van der Waals surface area contributed by atoms with E-state index in [0.29, 0.717) is 23.8 Å². The highest BCUT2D eigenvalue weighted by molar-refractivity contribution is 7.91. The van der Waals surface area contributed by atoms with Gasteiger partial charge in [0.05, 0.1) is 17.7 Å². The third kappa shape index (κ3) is 4.08. The molecule has 0 saturated heterocycles. The first-order valence-corrected chi connectivity index (χ1v) is 11.9. The van der Waals surface area contributed by atoms with Crippen molar-refractivity contribution < 1.29 is 22.7 Å². The van der Waals surface area contributed by atoms with E-state index in [1.54, 1.807) is 23.6 Å². The van der Waals surface area contributed by atoms with Crippen molar-refractivity contribution in [3.05, 3.63) is 77.0 Å². The van der Waals surface area contributed by atoms with Crippen LogP contribution in [0.5, 0.6) is 11.5 Å². The molecular weight excluding hydrogens is 434 g/mol. The summed E-state index contributed by atoms with van der Waals surface area (Å²) in [6.07, 6.45) is 1.92. The Balaban J connectivity index is 1.70. The Labute approximate surface area is 185 Å². The Morgan fingerprint density at radius 2 is 1.81 bits per heavy atom. The first kappa shape index (κ1) is 21.1. The van der Waals surface area contributed by atoms with Gasteiger partial charge in [-0.2, -0.15) is 0 Å². The van der Waals surface area contributed by atoms with Crippen LogP contribution in [-0.2, 0) is 14.6 Å². The summed E-state index contributed by atoms with van der Waals surface area (Å²) in [6.45, 7) is 4.04. The molecule has 0 bridgehead atoms. The maximum Gasteiger partial charge on any atom is 0.225 e. The molecule has 0 unspecified atom stereocenters. The van der Waals surface area contributed by atoms with Crippen molar-refractivity contribution in [1.29, 1.82) is 0 Å². The number of amides is 1. The molecule has 1 atom stereocenters. The molecule has 1 N–H and O–H groups in total. The Morgan fingerprint density at radius 3 is 2.45 bits per heavy atom. The summed E-state index contributed by atoms with van der Waals surface area (Å²) >= 11 is 1.34. The maximum absolute atomic E-state index is 13.3. The fraction of sp³-hybridized carbons (Fsp3) is 0.174. The molecule has 1 amide bonds. The highest BCUT2D eigenvalue weighted by Gasteiger charge is 2.34. The number of thiophene rings is 1. The fourth-order valence-electron chi connectivity index (χ4n) is 3.50. The van der Waals surface area contributed by atoms with E-state index in [0.717, 1.165) is 10.4 Å². The van der Waals surface area contributed by atoms with E-state index in [1.807, 2.05) is 24.3 Å². The smallest absolute Gasteiger partial charge is 0.225 e. The number of nitrogens with one attached hydrogen (secondary N) is 1. The molecule has 3 aromatic rings. The molecule has 0 fully saturated rings. The average molecular weight is 456 g/mol. The number of carbonyl (C=O) groups excluding carboxylic acids is 1. The van der Waals surface area contributed by atoms with Gasteiger partial charge in [0.2, 0.25) is 15.7 Å². The van der Waals surface area contributed by atoms with Gasteiger partial charge in [-0.15, -0.1) is 11.3 Å².